The molecule has 0 radical (unpaired) electrons. The molecule has 0 saturated carbocycles. The van der Waals surface area contributed by atoms with Crippen molar-refractivity contribution in [3.8, 4) is 5.75 Å². The van der Waals surface area contributed by atoms with Crippen LogP contribution in [0.4, 0.5) is 11.4 Å². The lowest BCUT2D eigenvalue weighted by atomic mass is 10.2. The smallest absolute Gasteiger partial charge is 0.262 e. The van der Waals surface area contributed by atoms with Crippen molar-refractivity contribution in [1.29, 1.82) is 0 Å². The molecule has 0 fully saturated rings. The number of para-hydroxylation sites is 1. The van der Waals surface area contributed by atoms with Gasteiger partial charge in [0.15, 0.2) is 6.61 Å². The van der Waals surface area contributed by atoms with Crippen molar-refractivity contribution in [3.63, 3.8) is 0 Å². The van der Waals surface area contributed by atoms with E-state index in [1.807, 2.05) is 68.4 Å². The predicted octanol–water partition coefficient (Wildman–Crippen LogP) is 5.05. The first-order chi connectivity index (χ1) is 14.5. The number of rotatable bonds is 8. The SMILES string of the molecule is Cc1ccc(SCC(=O)Nc2cc(C)ccc2NC(=O)COc2ccccc2)cc1. The average Bonchev–Trinajstić information content (AvgIpc) is 2.74. The van der Waals surface area contributed by atoms with Crippen molar-refractivity contribution in [1.82, 2.24) is 0 Å². The molecule has 2 amide bonds. The fraction of sp³-hybridized carbons (Fsp3) is 0.167. The van der Waals surface area contributed by atoms with Gasteiger partial charge in [-0.1, -0.05) is 42.0 Å². The largest absolute Gasteiger partial charge is 0.484 e. The van der Waals surface area contributed by atoms with E-state index in [0.717, 1.165) is 10.5 Å². The quantitative estimate of drug-likeness (QED) is 0.500. The van der Waals surface area contributed by atoms with Crippen LogP contribution in [-0.2, 0) is 9.59 Å². The van der Waals surface area contributed by atoms with Crippen molar-refractivity contribution in [2.75, 3.05) is 23.0 Å². The van der Waals surface area contributed by atoms with E-state index >= 15 is 0 Å². The van der Waals surface area contributed by atoms with Gasteiger partial charge in [-0.2, -0.15) is 0 Å². The summed E-state index contributed by atoms with van der Waals surface area (Å²) in [7, 11) is 0. The molecule has 0 aromatic heterocycles. The Bertz CT molecular complexity index is 1000. The zero-order chi connectivity index (χ0) is 21.3. The minimum Gasteiger partial charge on any atom is -0.484 e. The number of aryl methyl sites for hydroxylation is 2. The summed E-state index contributed by atoms with van der Waals surface area (Å²) >= 11 is 1.47. The Kier molecular flexibility index (Phi) is 7.51. The van der Waals surface area contributed by atoms with Gasteiger partial charge in [0.05, 0.1) is 17.1 Å². The highest BCUT2D eigenvalue weighted by Crippen LogP contribution is 2.24. The van der Waals surface area contributed by atoms with Crippen molar-refractivity contribution >= 4 is 35.0 Å². The summed E-state index contributed by atoms with van der Waals surface area (Å²) in [6.07, 6.45) is 0. The van der Waals surface area contributed by atoms with Crippen molar-refractivity contribution in [2.24, 2.45) is 0 Å². The van der Waals surface area contributed by atoms with Crippen molar-refractivity contribution in [3.05, 3.63) is 83.9 Å². The van der Waals surface area contributed by atoms with Crippen LogP contribution in [0.25, 0.3) is 0 Å². The number of nitrogens with one attached hydrogen (secondary N) is 2. The van der Waals surface area contributed by atoms with Gasteiger partial charge >= 0.3 is 0 Å². The van der Waals surface area contributed by atoms with Crippen LogP contribution >= 0.6 is 11.8 Å². The minimum absolute atomic E-state index is 0.117. The maximum Gasteiger partial charge on any atom is 0.262 e. The lowest BCUT2D eigenvalue weighted by molar-refractivity contribution is -0.118. The molecule has 30 heavy (non-hydrogen) atoms. The Morgan fingerprint density at radius 3 is 2.20 bits per heavy atom. The van der Waals surface area contributed by atoms with Gasteiger partial charge in [0.2, 0.25) is 5.91 Å². The summed E-state index contributed by atoms with van der Waals surface area (Å²) in [6.45, 7) is 3.84. The summed E-state index contributed by atoms with van der Waals surface area (Å²) in [6, 6.07) is 22.7. The maximum absolute atomic E-state index is 12.4. The molecule has 0 bridgehead atoms. The molecule has 5 nitrogen and oxygen atoms in total. The normalized spacial score (nSPS) is 10.3. The molecule has 3 rings (SSSR count). The average molecular weight is 421 g/mol. The van der Waals surface area contributed by atoms with E-state index in [1.165, 1.54) is 17.3 Å². The van der Waals surface area contributed by atoms with Crippen LogP contribution < -0.4 is 15.4 Å². The zero-order valence-electron chi connectivity index (χ0n) is 17.0. The van der Waals surface area contributed by atoms with E-state index in [-0.39, 0.29) is 24.2 Å². The van der Waals surface area contributed by atoms with Crippen LogP contribution in [0.5, 0.6) is 5.75 Å². The number of hydrogen-bond acceptors (Lipinski definition) is 4. The molecule has 3 aromatic carbocycles. The molecular formula is C24H24N2O3S. The standard InChI is InChI=1S/C24H24N2O3S/c1-17-8-11-20(12-9-17)30-16-24(28)26-22-14-18(2)10-13-21(22)25-23(27)15-29-19-6-4-3-5-7-19/h3-14H,15-16H2,1-2H3,(H,25,27)(H,26,28). The molecule has 3 aromatic rings. The van der Waals surface area contributed by atoms with Gasteiger partial charge in [0.25, 0.3) is 5.91 Å². The maximum atomic E-state index is 12.4. The second-order valence-electron chi connectivity index (χ2n) is 6.85. The molecule has 0 aliphatic carbocycles. The number of carbonyl (C=O) groups is 2. The van der Waals surface area contributed by atoms with E-state index < -0.39 is 0 Å². The first-order valence-electron chi connectivity index (χ1n) is 9.57. The molecular weight excluding hydrogens is 396 g/mol. The summed E-state index contributed by atoms with van der Waals surface area (Å²) in [5, 5.41) is 5.70. The van der Waals surface area contributed by atoms with Crippen LogP contribution in [0.2, 0.25) is 0 Å². The topological polar surface area (TPSA) is 67.4 Å². The Hall–Kier alpha value is -3.25. The molecule has 2 N–H and O–H groups in total. The van der Waals surface area contributed by atoms with Gasteiger partial charge in [-0.05, 0) is 55.8 Å². The van der Waals surface area contributed by atoms with Gasteiger partial charge in [-0.3, -0.25) is 9.59 Å². The Balaban J connectivity index is 1.57. The second-order valence-corrected chi connectivity index (χ2v) is 7.90. The van der Waals surface area contributed by atoms with E-state index in [0.29, 0.717) is 17.1 Å². The molecule has 154 valence electrons. The number of amides is 2. The minimum atomic E-state index is -0.299. The third-order valence-corrected chi connectivity index (χ3v) is 5.24. The fourth-order valence-electron chi connectivity index (χ4n) is 2.69. The number of anilines is 2. The number of hydrogen-bond donors (Lipinski definition) is 2. The van der Waals surface area contributed by atoms with Gasteiger partial charge in [0, 0.05) is 4.90 Å². The first-order valence-corrected chi connectivity index (χ1v) is 10.6. The third-order valence-electron chi connectivity index (χ3n) is 4.23. The zero-order valence-corrected chi connectivity index (χ0v) is 17.8. The third kappa shape index (κ3) is 6.67. The lowest BCUT2D eigenvalue weighted by Crippen LogP contribution is -2.22. The summed E-state index contributed by atoms with van der Waals surface area (Å²) < 4.78 is 5.48. The number of ether oxygens (including phenoxy) is 1. The molecule has 0 atom stereocenters. The number of benzene rings is 3. The van der Waals surface area contributed by atoms with Crippen molar-refractivity contribution < 1.29 is 14.3 Å². The van der Waals surface area contributed by atoms with Crippen LogP contribution in [0.1, 0.15) is 11.1 Å². The highest BCUT2D eigenvalue weighted by molar-refractivity contribution is 8.00. The number of thioether (sulfide) groups is 1. The number of carbonyl (C=O) groups excluding carboxylic acids is 2. The van der Waals surface area contributed by atoms with E-state index in [9.17, 15) is 9.59 Å². The van der Waals surface area contributed by atoms with Crippen molar-refractivity contribution in [2.45, 2.75) is 18.7 Å². The van der Waals surface area contributed by atoms with Crippen LogP contribution in [0, 0.1) is 13.8 Å². The van der Waals surface area contributed by atoms with Gasteiger partial charge in [-0.25, -0.2) is 0 Å². The van der Waals surface area contributed by atoms with Gasteiger partial charge in [0.1, 0.15) is 5.75 Å². The Morgan fingerprint density at radius 2 is 1.47 bits per heavy atom. The Morgan fingerprint density at radius 1 is 0.800 bits per heavy atom. The second kappa shape index (κ2) is 10.5. The predicted molar refractivity (Wildman–Crippen MR) is 122 cm³/mol. The van der Waals surface area contributed by atoms with Crippen LogP contribution in [0.3, 0.4) is 0 Å². The fourth-order valence-corrected chi connectivity index (χ4v) is 3.39. The summed E-state index contributed by atoms with van der Waals surface area (Å²) in [4.78, 5) is 25.8. The first kappa shape index (κ1) is 21.5. The molecule has 0 aliphatic rings. The summed E-state index contributed by atoms with van der Waals surface area (Å²) in [5.74, 6) is 0.467. The van der Waals surface area contributed by atoms with Crippen LogP contribution in [0.15, 0.2) is 77.7 Å². The molecule has 0 aliphatic heterocycles. The molecule has 0 heterocycles. The lowest BCUT2D eigenvalue weighted by Gasteiger charge is -2.14. The highest BCUT2D eigenvalue weighted by atomic mass is 32.2. The van der Waals surface area contributed by atoms with Crippen LogP contribution in [-0.4, -0.2) is 24.2 Å². The molecule has 0 unspecified atom stereocenters. The monoisotopic (exact) mass is 420 g/mol. The van der Waals surface area contributed by atoms with Gasteiger partial charge in [-0.15, -0.1) is 11.8 Å². The Labute approximate surface area is 180 Å². The van der Waals surface area contributed by atoms with E-state index in [2.05, 4.69) is 10.6 Å². The molecule has 0 spiro atoms. The summed E-state index contributed by atoms with van der Waals surface area (Å²) in [5.41, 5.74) is 3.27. The van der Waals surface area contributed by atoms with Gasteiger partial charge < -0.3 is 15.4 Å². The molecule has 0 saturated heterocycles. The molecule has 6 heteroatoms. The highest BCUT2D eigenvalue weighted by Gasteiger charge is 2.11. The van der Waals surface area contributed by atoms with E-state index in [4.69, 9.17) is 4.74 Å². The van der Waals surface area contributed by atoms with E-state index in [1.54, 1.807) is 18.2 Å².